The van der Waals surface area contributed by atoms with E-state index in [2.05, 4.69) is 10.2 Å². The third-order valence-electron chi connectivity index (χ3n) is 3.37. The van der Waals surface area contributed by atoms with Gasteiger partial charge in [0, 0.05) is 16.7 Å². The zero-order valence-corrected chi connectivity index (χ0v) is 11.6. The van der Waals surface area contributed by atoms with E-state index in [4.69, 9.17) is 4.74 Å². The average molecular weight is 302 g/mol. The van der Waals surface area contributed by atoms with Crippen LogP contribution in [0.4, 0.5) is 8.78 Å². The van der Waals surface area contributed by atoms with Crippen molar-refractivity contribution in [1.82, 2.24) is 10.2 Å². The van der Waals surface area contributed by atoms with Gasteiger partial charge in [-0.2, -0.15) is 9.49 Å². The Bertz CT molecular complexity index is 814. The Kier molecular flexibility index (Phi) is 3.50. The van der Waals surface area contributed by atoms with Crippen LogP contribution in [0.25, 0.3) is 22.4 Å². The lowest BCUT2D eigenvalue weighted by atomic mass is 10.0. The Balaban J connectivity index is 2.11. The Morgan fingerprint density at radius 3 is 2.41 bits per heavy atom. The number of benzene rings is 2. The number of aromatic hydroxyl groups is 1. The number of aromatic nitrogens is 2. The fourth-order valence-corrected chi connectivity index (χ4v) is 2.22. The Morgan fingerprint density at radius 2 is 1.73 bits per heavy atom. The SMILES string of the molecule is COc1ccc(-c2[nH]ncc2-c2ccc(O)c(F)c2F)cc1. The van der Waals surface area contributed by atoms with E-state index in [1.54, 1.807) is 31.4 Å². The highest BCUT2D eigenvalue weighted by Crippen LogP contribution is 2.35. The minimum atomic E-state index is -1.28. The van der Waals surface area contributed by atoms with Gasteiger partial charge in [0.2, 0.25) is 5.82 Å². The highest BCUT2D eigenvalue weighted by Gasteiger charge is 2.18. The molecular weight excluding hydrogens is 290 g/mol. The highest BCUT2D eigenvalue weighted by molar-refractivity contribution is 5.81. The lowest BCUT2D eigenvalue weighted by Gasteiger charge is -2.07. The number of nitrogens with zero attached hydrogens (tertiary/aromatic N) is 1. The first kappa shape index (κ1) is 14.1. The highest BCUT2D eigenvalue weighted by atomic mass is 19.2. The number of ether oxygens (including phenoxy) is 1. The average Bonchev–Trinajstić information content (AvgIpc) is 3.02. The monoisotopic (exact) mass is 302 g/mol. The molecular formula is C16H12F2N2O2. The zero-order valence-electron chi connectivity index (χ0n) is 11.6. The van der Waals surface area contributed by atoms with E-state index < -0.39 is 17.4 Å². The van der Waals surface area contributed by atoms with E-state index in [-0.39, 0.29) is 5.56 Å². The second-order valence-corrected chi connectivity index (χ2v) is 4.65. The standard InChI is InChI=1S/C16H12F2N2O2/c1-22-10-4-2-9(3-5-10)16-12(8-19-20-16)11-6-7-13(21)15(18)14(11)17/h2-8,21H,1H3,(H,19,20). The molecule has 112 valence electrons. The number of methoxy groups -OCH3 is 1. The minimum absolute atomic E-state index is 0.0230. The first-order chi connectivity index (χ1) is 10.6. The molecule has 22 heavy (non-hydrogen) atoms. The van der Waals surface area contributed by atoms with Gasteiger partial charge < -0.3 is 9.84 Å². The summed E-state index contributed by atoms with van der Waals surface area (Å²) in [6.07, 6.45) is 1.41. The largest absolute Gasteiger partial charge is 0.505 e. The molecule has 6 heteroatoms. The smallest absolute Gasteiger partial charge is 0.200 e. The van der Waals surface area contributed by atoms with Crippen molar-refractivity contribution in [2.45, 2.75) is 0 Å². The molecule has 2 N–H and O–H groups in total. The lowest BCUT2D eigenvalue weighted by Crippen LogP contribution is -1.91. The molecule has 0 aliphatic heterocycles. The maximum absolute atomic E-state index is 14.0. The molecule has 3 rings (SSSR count). The molecule has 0 amide bonds. The molecule has 0 spiro atoms. The van der Waals surface area contributed by atoms with E-state index in [1.165, 1.54) is 12.3 Å². The van der Waals surface area contributed by atoms with Crippen LogP contribution in [-0.2, 0) is 0 Å². The first-order valence-corrected chi connectivity index (χ1v) is 6.47. The molecule has 0 atom stereocenters. The van der Waals surface area contributed by atoms with Crippen molar-refractivity contribution in [3.8, 4) is 33.9 Å². The van der Waals surface area contributed by atoms with Crippen molar-refractivity contribution in [3.05, 3.63) is 54.2 Å². The van der Waals surface area contributed by atoms with Crippen LogP contribution in [0, 0.1) is 11.6 Å². The van der Waals surface area contributed by atoms with E-state index in [1.807, 2.05) is 0 Å². The summed E-state index contributed by atoms with van der Waals surface area (Å²) in [5, 5.41) is 15.9. The molecule has 0 radical (unpaired) electrons. The summed E-state index contributed by atoms with van der Waals surface area (Å²) >= 11 is 0. The van der Waals surface area contributed by atoms with E-state index in [0.29, 0.717) is 17.0 Å². The van der Waals surface area contributed by atoms with Crippen molar-refractivity contribution in [1.29, 1.82) is 0 Å². The second kappa shape index (κ2) is 5.48. The number of hydrogen-bond donors (Lipinski definition) is 2. The molecule has 0 saturated heterocycles. The number of phenolic OH excluding ortho intramolecular Hbond substituents is 1. The summed E-state index contributed by atoms with van der Waals surface area (Å²) in [5.74, 6) is -2.43. The van der Waals surface area contributed by atoms with Crippen molar-refractivity contribution in [2.24, 2.45) is 0 Å². The lowest BCUT2D eigenvalue weighted by molar-refractivity contribution is 0.408. The molecule has 0 saturated carbocycles. The van der Waals surface area contributed by atoms with Crippen molar-refractivity contribution in [2.75, 3.05) is 7.11 Å². The van der Waals surface area contributed by atoms with Crippen LogP contribution in [-0.4, -0.2) is 22.4 Å². The van der Waals surface area contributed by atoms with E-state index in [9.17, 15) is 13.9 Å². The van der Waals surface area contributed by atoms with Crippen LogP contribution in [0.1, 0.15) is 0 Å². The molecule has 0 aliphatic rings. The van der Waals surface area contributed by atoms with Gasteiger partial charge in [-0.1, -0.05) is 0 Å². The van der Waals surface area contributed by atoms with Crippen LogP contribution >= 0.6 is 0 Å². The van der Waals surface area contributed by atoms with Gasteiger partial charge in [0.1, 0.15) is 5.75 Å². The van der Waals surface area contributed by atoms with Crippen LogP contribution in [0.2, 0.25) is 0 Å². The molecule has 2 aromatic carbocycles. The summed E-state index contributed by atoms with van der Waals surface area (Å²) in [6.45, 7) is 0. The molecule has 0 fully saturated rings. The predicted octanol–water partition coefficient (Wildman–Crippen LogP) is 3.74. The number of rotatable bonds is 3. The van der Waals surface area contributed by atoms with Gasteiger partial charge in [-0.3, -0.25) is 5.10 Å². The van der Waals surface area contributed by atoms with Gasteiger partial charge in [-0.05, 0) is 36.4 Å². The molecule has 0 bridgehead atoms. The summed E-state index contributed by atoms with van der Waals surface area (Å²) < 4.78 is 32.7. The third-order valence-corrected chi connectivity index (χ3v) is 3.37. The van der Waals surface area contributed by atoms with Gasteiger partial charge in [0.05, 0.1) is 19.0 Å². The van der Waals surface area contributed by atoms with Crippen LogP contribution < -0.4 is 4.74 Å². The first-order valence-electron chi connectivity index (χ1n) is 6.47. The molecule has 4 nitrogen and oxygen atoms in total. The molecule has 1 aromatic heterocycles. The Hall–Kier alpha value is -2.89. The van der Waals surface area contributed by atoms with Crippen LogP contribution in [0.15, 0.2) is 42.6 Å². The van der Waals surface area contributed by atoms with Crippen LogP contribution in [0.5, 0.6) is 11.5 Å². The van der Waals surface area contributed by atoms with Gasteiger partial charge in [-0.25, -0.2) is 4.39 Å². The Labute approximate surface area is 125 Å². The zero-order chi connectivity index (χ0) is 15.7. The summed E-state index contributed by atoms with van der Waals surface area (Å²) in [5.41, 5.74) is 1.73. The normalized spacial score (nSPS) is 10.7. The quantitative estimate of drug-likeness (QED) is 0.775. The predicted molar refractivity (Wildman–Crippen MR) is 77.6 cm³/mol. The number of hydrogen-bond acceptors (Lipinski definition) is 3. The molecule has 1 heterocycles. The molecule has 0 unspecified atom stereocenters. The summed E-state index contributed by atoms with van der Waals surface area (Å²) in [7, 11) is 1.56. The fraction of sp³-hybridized carbons (Fsp3) is 0.0625. The number of halogens is 2. The number of nitrogens with one attached hydrogen (secondary N) is 1. The number of H-pyrrole nitrogens is 1. The fourth-order valence-electron chi connectivity index (χ4n) is 2.22. The number of aromatic amines is 1. The van der Waals surface area contributed by atoms with Crippen molar-refractivity contribution in [3.63, 3.8) is 0 Å². The third kappa shape index (κ3) is 2.28. The van der Waals surface area contributed by atoms with Gasteiger partial charge >= 0.3 is 0 Å². The second-order valence-electron chi connectivity index (χ2n) is 4.65. The van der Waals surface area contributed by atoms with E-state index in [0.717, 1.165) is 11.6 Å². The number of phenols is 1. The topological polar surface area (TPSA) is 58.1 Å². The maximum Gasteiger partial charge on any atom is 0.200 e. The van der Waals surface area contributed by atoms with Gasteiger partial charge in [0.25, 0.3) is 0 Å². The maximum atomic E-state index is 14.0. The van der Waals surface area contributed by atoms with Crippen molar-refractivity contribution >= 4 is 0 Å². The Morgan fingerprint density at radius 1 is 1.00 bits per heavy atom. The van der Waals surface area contributed by atoms with Crippen LogP contribution in [0.3, 0.4) is 0 Å². The molecule has 0 aliphatic carbocycles. The molecule has 3 aromatic rings. The summed E-state index contributed by atoms with van der Waals surface area (Å²) in [6, 6.07) is 9.50. The van der Waals surface area contributed by atoms with Gasteiger partial charge in [-0.15, -0.1) is 0 Å². The summed E-state index contributed by atoms with van der Waals surface area (Å²) in [4.78, 5) is 0. The van der Waals surface area contributed by atoms with E-state index >= 15 is 0 Å². The minimum Gasteiger partial charge on any atom is -0.505 e. The van der Waals surface area contributed by atoms with Crippen molar-refractivity contribution < 1.29 is 18.6 Å². The van der Waals surface area contributed by atoms with Gasteiger partial charge in [0.15, 0.2) is 11.6 Å².